The quantitative estimate of drug-likeness (QED) is 0.447. The van der Waals surface area contributed by atoms with Gasteiger partial charge in [-0.05, 0) is 30.7 Å². The fourth-order valence-corrected chi connectivity index (χ4v) is 3.22. The fourth-order valence-electron chi connectivity index (χ4n) is 1.84. The molecule has 0 N–H and O–H groups in total. The number of nitrogens with zero attached hydrogens (tertiary/aromatic N) is 2. The fraction of sp³-hybridized carbons (Fsp3) is 0.0769. The van der Waals surface area contributed by atoms with Crippen molar-refractivity contribution >= 4 is 33.1 Å². The predicted molar refractivity (Wildman–Crippen MR) is 83.8 cm³/mol. The summed E-state index contributed by atoms with van der Waals surface area (Å²) in [4.78, 5) is 19.5. The molecule has 2 rings (SSSR count). The molecule has 11 heteroatoms. The lowest BCUT2D eigenvalue weighted by molar-refractivity contribution is -0.388. The third-order valence-corrected chi connectivity index (χ3v) is 4.40. The van der Waals surface area contributed by atoms with Crippen molar-refractivity contribution in [3.05, 3.63) is 67.2 Å². The van der Waals surface area contributed by atoms with Crippen LogP contribution in [0.15, 0.2) is 41.3 Å². The Morgan fingerprint density at radius 1 is 1.00 bits per heavy atom. The first-order valence-electron chi connectivity index (χ1n) is 6.25. The van der Waals surface area contributed by atoms with E-state index in [0.717, 1.165) is 30.3 Å². The average molecular weight is 373 g/mol. The Kier molecular flexibility index (Phi) is 4.71. The van der Waals surface area contributed by atoms with Crippen LogP contribution in [0.2, 0.25) is 5.02 Å². The van der Waals surface area contributed by atoms with E-state index in [1.54, 1.807) is 6.92 Å². The van der Waals surface area contributed by atoms with E-state index in [0.29, 0.717) is 5.56 Å². The molecule has 24 heavy (non-hydrogen) atoms. The maximum absolute atomic E-state index is 12.3. The van der Waals surface area contributed by atoms with E-state index >= 15 is 0 Å². The van der Waals surface area contributed by atoms with Gasteiger partial charge in [-0.3, -0.25) is 20.2 Å². The van der Waals surface area contributed by atoms with Crippen molar-refractivity contribution in [1.82, 2.24) is 0 Å². The number of hydrogen-bond donors (Lipinski definition) is 0. The van der Waals surface area contributed by atoms with E-state index < -0.39 is 42.0 Å². The molecule has 0 atom stereocenters. The van der Waals surface area contributed by atoms with Crippen LogP contribution in [0.4, 0.5) is 11.4 Å². The first kappa shape index (κ1) is 17.6. The zero-order valence-electron chi connectivity index (χ0n) is 12.0. The van der Waals surface area contributed by atoms with Crippen LogP contribution in [0.25, 0.3) is 0 Å². The highest BCUT2D eigenvalue weighted by Crippen LogP contribution is 2.33. The van der Waals surface area contributed by atoms with Crippen molar-refractivity contribution in [2.45, 2.75) is 11.8 Å². The summed E-state index contributed by atoms with van der Waals surface area (Å²) in [7, 11) is -4.71. The van der Waals surface area contributed by atoms with Crippen LogP contribution in [0.5, 0.6) is 5.75 Å². The van der Waals surface area contributed by atoms with Gasteiger partial charge < -0.3 is 4.18 Å². The molecular weight excluding hydrogens is 364 g/mol. The molecule has 126 valence electrons. The highest BCUT2D eigenvalue weighted by Gasteiger charge is 2.30. The van der Waals surface area contributed by atoms with E-state index in [9.17, 15) is 28.6 Å². The lowest BCUT2D eigenvalue weighted by atomic mass is 10.2. The summed E-state index contributed by atoms with van der Waals surface area (Å²) in [5, 5.41) is 21.9. The van der Waals surface area contributed by atoms with Crippen LogP contribution in [0, 0.1) is 27.2 Å². The van der Waals surface area contributed by atoms with Crippen molar-refractivity contribution in [3.63, 3.8) is 0 Å². The van der Waals surface area contributed by atoms with Gasteiger partial charge in [-0.1, -0.05) is 17.7 Å². The molecule has 0 saturated heterocycles. The van der Waals surface area contributed by atoms with E-state index in [1.807, 2.05) is 0 Å². The standard InChI is InChI=1S/C13H9ClN2O7S/c1-8-2-5-12(11(6-8)16(19)20)23-24(21,22)13-7-9(14)3-4-10(13)15(17)18/h2-7H,1H3. The van der Waals surface area contributed by atoms with Crippen LogP contribution < -0.4 is 4.18 Å². The Balaban J connectivity index is 2.57. The summed E-state index contributed by atoms with van der Waals surface area (Å²) in [5.74, 6) is -0.556. The number of halogens is 1. The van der Waals surface area contributed by atoms with Crippen LogP contribution >= 0.6 is 11.6 Å². The van der Waals surface area contributed by atoms with E-state index in [4.69, 9.17) is 15.8 Å². The third kappa shape index (κ3) is 3.60. The van der Waals surface area contributed by atoms with Crippen LogP contribution in [0.3, 0.4) is 0 Å². The van der Waals surface area contributed by atoms with Crippen LogP contribution in [0.1, 0.15) is 5.56 Å². The highest BCUT2D eigenvalue weighted by atomic mass is 35.5. The summed E-state index contributed by atoms with van der Waals surface area (Å²) in [6.07, 6.45) is 0. The Bertz CT molecular complexity index is 943. The minimum Gasteiger partial charge on any atom is -0.371 e. The molecule has 0 aliphatic carbocycles. The molecule has 0 radical (unpaired) electrons. The summed E-state index contributed by atoms with van der Waals surface area (Å²) in [6.45, 7) is 1.58. The molecule has 0 unspecified atom stereocenters. The second-order valence-corrected chi connectivity index (χ2v) is 6.59. The monoisotopic (exact) mass is 372 g/mol. The van der Waals surface area contributed by atoms with Gasteiger partial charge in [-0.25, -0.2) is 0 Å². The van der Waals surface area contributed by atoms with Gasteiger partial charge in [0.25, 0.3) is 5.69 Å². The van der Waals surface area contributed by atoms with E-state index in [-0.39, 0.29) is 5.02 Å². The third-order valence-electron chi connectivity index (χ3n) is 2.90. The van der Waals surface area contributed by atoms with Crippen molar-refractivity contribution < 1.29 is 22.4 Å². The Labute approximate surface area is 140 Å². The molecule has 0 aliphatic rings. The minimum absolute atomic E-state index is 0.0684. The summed E-state index contributed by atoms with van der Waals surface area (Å²) < 4.78 is 29.4. The van der Waals surface area contributed by atoms with Crippen molar-refractivity contribution in [2.24, 2.45) is 0 Å². The van der Waals surface area contributed by atoms with Gasteiger partial charge in [0, 0.05) is 17.2 Å². The molecule has 0 amide bonds. The number of nitro benzene ring substituents is 2. The highest BCUT2D eigenvalue weighted by molar-refractivity contribution is 7.87. The number of hydrogen-bond acceptors (Lipinski definition) is 7. The molecule has 0 bridgehead atoms. The number of aryl methyl sites for hydroxylation is 1. The second kappa shape index (κ2) is 6.42. The van der Waals surface area contributed by atoms with Crippen LogP contribution in [-0.4, -0.2) is 18.3 Å². The van der Waals surface area contributed by atoms with Gasteiger partial charge in [0.15, 0.2) is 4.90 Å². The van der Waals surface area contributed by atoms with Crippen molar-refractivity contribution in [3.8, 4) is 5.75 Å². The van der Waals surface area contributed by atoms with Crippen LogP contribution in [-0.2, 0) is 10.1 Å². The first-order chi connectivity index (χ1) is 11.1. The summed E-state index contributed by atoms with van der Waals surface area (Å²) >= 11 is 5.68. The maximum atomic E-state index is 12.3. The maximum Gasteiger partial charge on any atom is 0.346 e. The molecule has 0 aliphatic heterocycles. The lowest BCUT2D eigenvalue weighted by Gasteiger charge is -2.08. The molecule has 0 fully saturated rings. The SMILES string of the molecule is Cc1ccc(OS(=O)(=O)c2cc(Cl)ccc2[N+](=O)[O-])c([N+](=O)[O-])c1. The average Bonchev–Trinajstić information content (AvgIpc) is 2.48. The first-order valence-corrected chi connectivity index (χ1v) is 8.04. The second-order valence-electron chi connectivity index (χ2n) is 4.63. The molecule has 2 aromatic rings. The van der Waals surface area contributed by atoms with Crippen molar-refractivity contribution in [1.29, 1.82) is 0 Å². The van der Waals surface area contributed by atoms with E-state index in [1.165, 1.54) is 6.07 Å². The normalized spacial score (nSPS) is 11.1. The smallest absolute Gasteiger partial charge is 0.346 e. The minimum atomic E-state index is -4.71. The number of benzene rings is 2. The van der Waals surface area contributed by atoms with Gasteiger partial charge in [0.1, 0.15) is 0 Å². The number of nitro groups is 2. The molecule has 0 spiro atoms. The van der Waals surface area contributed by atoms with Gasteiger partial charge in [-0.2, -0.15) is 8.42 Å². The van der Waals surface area contributed by atoms with E-state index in [2.05, 4.69) is 0 Å². The summed E-state index contributed by atoms with van der Waals surface area (Å²) in [5.41, 5.74) is -0.822. The lowest BCUT2D eigenvalue weighted by Crippen LogP contribution is -2.13. The molecule has 0 heterocycles. The van der Waals surface area contributed by atoms with Gasteiger partial charge in [-0.15, -0.1) is 0 Å². The molecule has 9 nitrogen and oxygen atoms in total. The van der Waals surface area contributed by atoms with Gasteiger partial charge in [0.05, 0.1) is 9.85 Å². The Morgan fingerprint density at radius 3 is 2.21 bits per heavy atom. The number of rotatable bonds is 5. The van der Waals surface area contributed by atoms with Crippen molar-refractivity contribution in [2.75, 3.05) is 0 Å². The molecule has 0 saturated carbocycles. The van der Waals surface area contributed by atoms with Gasteiger partial charge >= 0.3 is 15.8 Å². The molecule has 2 aromatic carbocycles. The zero-order chi connectivity index (χ0) is 18.1. The Hall–Kier alpha value is -2.72. The predicted octanol–water partition coefficient (Wildman–Crippen LogP) is 3.23. The zero-order valence-corrected chi connectivity index (χ0v) is 13.6. The van der Waals surface area contributed by atoms with Gasteiger partial charge in [0.2, 0.25) is 5.75 Å². The molecule has 0 aromatic heterocycles. The topological polar surface area (TPSA) is 130 Å². The molecular formula is C13H9ClN2O7S. The Morgan fingerprint density at radius 2 is 1.62 bits per heavy atom. The largest absolute Gasteiger partial charge is 0.371 e. The summed E-state index contributed by atoms with van der Waals surface area (Å²) in [6, 6.07) is 6.52.